The summed E-state index contributed by atoms with van der Waals surface area (Å²) in [5.41, 5.74) is -6.04. The quantitative estimate of drug-likeness (QED) is 0.202. The van der Waals surface area contributed by atoms with Crippen molar-refractivity contribution < 1.29 is 59.4 Å². The third kappa shape index (κ3) is 4.92. The molecule has 12 heteroatoms. The van der Waals surface area contributed by atoms with Crippen LogP contribution < -0.4 is 0 Å². The van der Waals surface area contributed by atoms with Gasteiger partial charge in [0.25, 0.3) is 0 Å². The van der Waals surface area contributed by atoms with Crippen LogP contribution in [-0.4, -0.2) is 127 Å². The maximum Gasteiger partial charge on any atom is 0.161 e. The van der Waals surface area contributed by atoms with Gasteiger partial charge in [-0.15, -0.1) is 0 Å². The second-order valence-electron chi connectivity index (χ2n) is 15.7. The average molecular weight is 657 g/mol. The highest BCUT2D eigenvalue weighted by Gasteiger charge is 2.80. The summed E-state index contributed by atoms with van der Waals surface area (Å²) in [5, 5.41) is 79.7. The lowest BCUT2D eigenvalue weighted by atomic mass is 9.42. The van der Waals surface area contributed by atoms with Gasteiger partial charge in [0.15, 0.2) is 12.6 Å². The maximum absolute atomic E-state index is 12.4. The second kappa shape index (κ2) is 11.9. The molecule has 2 heterocycles. The van der Waals surface area contributed by atoms with Crippen molar-refractivity contribution in [2.75, 3.05) is 7.11 Å². The van der Waals surface area contributed by atoms with Gasteiger partial charge in [-0.2, -0.15) is 0 Å². The van der Waals surface area contributed by atoms with E-state index in [2.05, 4.69) is 6.92 Å². The van der Waals surface area contributed by atoms with Crippen molar-refractivity contribution in [3.05, 3.63) is 11.6 Å². The lowest BCUT2D eigenvalue weighted by molar-refractivity contribution is -0.327. The summed E-state index contributed by atoms with van der Waals surface area (Å²) in [6, 6.07) is 0. The van der Waals surface area contributed by atoms with Crippen LogP contribution in [0, 0.1) is 16.7 Å². The maximum atomic E-state index is 12.4. The predicted molar refractivity (Wildman–Crippen MR) is 163 cm³/mol. The molecule has 0 radical (unpaired) electrons. The third-order valence-corrected chi connectivity index (χ3v) is 13.6. The lowest BCUT2D eigenvalue weighted by Crippen LogP contribution is -2.78. The van der Waals surface area contributed by atoms with E-state index in [9.17, 15) is 35.7 Å². The van der Waals surface area contributed by atoms with Gasteiger partial charge in [-0.05, 0) is 71.1 Å². The fourth-order valence-corrected chi connectivity index (χ4v) is 10.5. The van der Waals surface area contributed by atoms with E-state index in [1.54, 1.807) is 13.8 Å². The van der Waals surface area contributed by atoms with Gasteiger partial charge in [0.05, 0.1) is 48.1 Å². The molecule has 6 rings (SSSR count). The van der Waals surface area contributed by atoms with Gasteiger partial charge in [0.2, 0.25) is 0 Å². The summed E-state index contributed by atoms with van der Waals surface area (Å²) < 4.78 is 29.9. The van der Waals surface area contributed by atoms with Gasteiger partial charge < -0.3 is 59.4 Å². The molecule has 46 heavy (non-hydrogen) atoms. The van der Waals surface area contributed by atoms with Crippen molar-refractivity contribution in [1.82, 2.24) is 0 Å². The van der Waals surface area contributed by atoms with Gasteiger partial charge in [0.1, 0.15) is 29.0 Å². The smallest absolute Gasteiger partial charge is 0.161 e. The minimum Gasteiger partial charge on any atom is -0.392 e. The van der Waals surface area contributed by atoms with Gasteiger partial charge in [0, 0.05) is 25.9 Å². The van der Waals surface area contributed by atoms with Crippen LogP contribution in [0.5, 0.6) is 0 Å². The Morgan fingerprint density at radius 3 is 2.24 bits per heavy atom. The number of fused-ring (bicyclic) bond motifs is 5. The lowest BCUT2D eigenvalue weighted by Gasteiger charge is -2.67. The highest BCUT2D eigenvalue weighted by Crippen LogP contribution is 2.70. The Labute approximate surface area is 271 Å². The van der Waals surface area contributed by atoms with Gasteiger partial charge in [-0.1, -0.05) is 25.5 Å². The molecular weight excluding hydrogens is 600 g/mol. The standard InChI is InChI=1S/C34H56O12/c1-17-28(38)23(42-6)15-27(43-17)46-29-18(2)44-26(14-22(29)36)45-21-8-9-30(4)20(13-21)7-10-33(40)24(30)16-25(37)31(5)32(39,19(3)35)11-12-34(31,33)41/h7,17-19,21-29,35-41H,8-16H2,1-6H3/t17-,18+,19-,21-,22-,23-,24+,25+,26-,27-,28+,29+,30-,31+,32+,33-,34+/m0/s1. The fourth-order valence-electron chi connectivity index (χ4n) is 10.5. The van der Waals surface area contributed by atoms with E-state index in [1.165, 1.54) is 14.0 Å². The molecule has 7 N–H and O–H groups in total. The van der Waals surface area contributed by atoms with Crippen LogP contribution in [0.15, 0.2) is 11.6 Å². The van der Waals surface area contributed by atoms with Crippen molar-refractivity contribution in [3.63, 3.8) is 0 Å². The first-order chi connectivity index (χ1) is 21.4. The van der Waals surface area contributed by atoms with Crippen LogP contribution in [0.1, 0.15) is 92.4 Å². The summed E-state index contributed by atoms with van der Waals surface area (Å²) >= 11 is 0. The normalized spacial score (nSPS) is 56.4. The van der Waals surface area contributed by atoms with E-state index >= 15 is 0 Å². The zero-order chi connectivity index (χ0) is 33.6. The van der Waals surface area contributed by atoms with Crippen molar-refractivity contribution in [1.29, 1.82) is 0 Å². The van der Waals surface area contributed by atoms with E-state index < -0.39 is 95.0 Å². The summed E-state index contributed by atoms with van der Waals surface area (Å²) in [5.74, 6) is -0.459. The molecule has 0 aromatic rings. The largest absolute Gasteiger partial charge is 0.392 e. The third-order valence-electron chi connectivity index (χ3n) is 13.6. The number of aliphatic hydroxyl groups excluding tert-OH is 4. The number of ether oxygens (including phenoxy) is 5. The minimum absolute atomic E-state index is 0.0744. The van der Waals surface area contributed by atoms with E-state index in [4.69, 9.17) is 23.7 Å². The van der Waals surface area contributed by atoms with Crippen LogP contribution in [-0.2, 0) is 23.7 Å². The summed E-state index contributed by atoms with van der Waals surface area (Å²) in [7, 11) is 1.54. The molecule has 4 aliphatic carbocycles. The number of rotatable bonds is 6. The summed E-state index contributed by atoms with van der Waals surface area (Å²) in [6.45, 7) is 8.75. The van der Waals surface area contributed by atoms with E-state index in [0.717, 1.165) is 5.57 Å². The van der Waals surface area contributed by atoms with Crippen molar-refractivity contribution in [2.45, 2.75) is 177 Å². The molecular formula is C34H56O12. The first kappa shape index (κ1) is 35.1. The molecule has 3 saturated carbocycles. The van der Waals surface area contributed by atoms with Crippen molar-refractivity contribution in [3.8, 4) is 0 Å². The minimum atomic E-state index is -1.79. The Kier molecular flexibility index (Phi) is 9.12. The molecule has 2 saturated heterocycles. The molecule has 0 bridgehead atoms. The number of hydrogen-bond acceptors (Lipinski definition) is 12. The van der Waals surface area contributed by atoms with Crippen LogP contribution in [0.25, 0.3) is 0 Å². The Bertz CT molecular complexity index is 1150. The predicted octanol–water partition coefficient (Wildman–Crippen LogP) is 1.04. The Hall–Kier alpha value is -0.740. The highest BCUT2D eigenvalue weighted by atomic mass is 16.7. The first-order valence-corrected chi connectivity index (χ1v) is 17.2. The monoisotopic (exact) mass is 656 g/mol. The molecule has 0 spiro atoms. The molecule has 6 aliphatic rings. The molecule has 12 nitrogen and oxygen atoms in total. The van der Waals surface area contributed by atoms with Crippen molar-refractivity contribution >= 4 is 0 Å². The molecule has 0 amide bonds. The van der Waals surface area contributed by atoms with Crippen molar-refractivity contribution in [2.24, 2.45) is 16.7 Å². The molecule has 2 aliphatic heterocycles. The first-order valence-electron chi connectivity index (χ1n) is 17.2. The van der Waals surface area contributed by atoms with Gasteiger partial charge >= 0.3 is 0 Å². The van der Waals surface area contributed by atoms with E-state index in [0.29, 0.717) is 25.7 Å². The zero-order valence-electron chi connectivity index (χ0n) is 28.0. The summed E-state index contributed by atoms with van der Waals surface area (Å²) in [6.07, 6.45) is -2.51. The Balaban J connectivity index is 1.12. The molecule has 264 valence electrons. The van der Waals surface area contributed by atoms with Crippen LogP contribution >= 0.6 is 0 Å². The molecule has 0 aromatic heterocycles. The topological polar surface area (TPSA) is 188 Å². The number of aliphatic hydroxyl groups is 7. The van der Waals surface area contributed by atoms with Crippen LogP contribution in [0.4, 0.5) is 0 Å². The molecule has 17 atom stereocenters. The Morgan fingerprint density at radius 1 is 0.913 bits per heavy atom. The SMILES string of the molecule is CO[C@H]1C[C@H](O[C@H]2[C@@H](O)C[C@H](O[C@H]3CC[C@@]4(C)C(=CC[C@]5(O)[C@@H]4C[C@@H](O)[C@@]4(C)[C@]5(O)CC[C@@]4(O)[C@H](C)O)C3)O[C@@H]2C)O[C@@H](C)[C@H]1O. The van der Waals surface area contributed by atoms with E-state index in [1.807, 2.05) is 13.0 Å². The number of hydrogen-bond donors (Lipinski definition) is 7. The highest BCUT2D eigenvalue weighted by molar-refractivity contribution is 5.36. The fraction of sp³-hybridized carbons (Fsp3) is 0.941. The second-order valence-corrected chi connectivity index (χ2v) is 15.7. The van der Waals surface area contributed by atoms with Gasteiger partial charge in [-0.3, -0.25) is 0 Å². The Morgan fingerprint density at radius 2 is 1.59 bits per heavy atom. The molecule has 5 fully saturated rings. The summed E-state index contributed by atoms with van der Waals surface area (Å²) in [4.78, 5) is 0. The van der Waals surface area contributed by atoms with Crippen LogP contribution in [0.3, 0.4) is 0 Å². The molecule has 0 aromatic carbocycles. The van der Waals surface area contributed by atoms with E-state index in [-0.39, 0.29) is 38.2 Å². The molecule has 0 unspecified atom stereocenters. The zero-order valence-corrected chi connectivity index (χ0v) is 28.0. The van der Waals surface area contributed by atoms with Gasteiger partial charge in [-0.25, -0.2) is 0 Å². The number of methoxy groups -OCH3 is 1. The average Bonchev–Trinajstić information content (AvgIpc) is 3.23. The van der Waals surface area contributed by atoms with Crippen LogP contribution in [0.2, 0.25) is 0 Å².